The fourth-order valence-electron chi connectivity index (χ4n) is 0.375. The summed E-state index contributed by atoms with van der Waals surface area (Å²) >= 11 is 0. The van der Waals surface area contributed by atoms with E-state index in [0.29, 0.717) is 6.61 Å². The molecule has 0 aromatic carbocycles. The highest BCUT2D eigenvalue weighted by Gasteiger charge is 1.95. The van der Waals surface area contributed by atoms with Crippen molar-refractivity contribution in [3.63, 3.8) is 0 Å². The molecule has 8 heavy (non-hydrogen) atoms. The van der Waals surface area contributed by atoms with Gasteiger partial charge < -0.3 is 4.74 Å². The summed E-state index contributed by atoms with van der Waals surface area (Å²) in [5.41, 5.74) is 0. The van der Waals surface area contributed by atoms with E-state index in [-0.39, 0.29) is 5.97 Å². The van der Waals surface area contributed by atoms with Gasteiger partial charge in [0.2, 0.25) is 0 Å². The molecule has 3 nitrogen and oxygen atoms in total. The maximum atomic E-state index is 10.3. The van der Waals surface area contributed by atoms with E-state index in [1.165, 1.54) is 6.20 Å². The van der Waals surface area contributed by atoms with Crippen LogP contribution in [-0.4, -0.2) is 18.8 Å². The molecule has 0 aliphatic carbocycles. The molecule has 1 heterocycles. The van der Waals surface area contributed by atoms with Gasteiger partial charge in [0.25, 0.3) is 0 Å². The van der Waals surface area contributed by atoms with Crippen molar-refractivity contribution in [3.8, 4) is 0 Å². The second-order valence-electron chi connectivity index (χ2n) is 1.29. The number of ether oxygens (including phenoxy) is 1. The van der Waals surface area contributed by atoms with E-state index >= 15 is 0 Å². The zero-order valence-corrected chi connectivity index (χ0v) is 4.20. The lowest BCUT2D eigenvalue weighted by Crippen LogP contribution is -2.02. The fourth-order valence-corrected chi connectivity index (χ4v) is 0.375. The van der Waals surface area contributed by atoms with E-state index in [1.807, 2.05) is 0 Å². The second kappa shape index (κ2) is 2.26. The predicted octanol–water partition coefficient (Wildman–Crippen LogP) is 0.128. The lowest BCUT2D eigenvalue weighted by Gasteiger charge is -1.89. The summed E-state index contributed by atoms with van der Waals surface area (Å²) in [6.07, 6.45) is 4.34. The fraction of sp³-hybridized carbons (Fsp3) is 0.200. The van der Waals surface area contributed by atoms with E-state index in [4.69, 9.17) is 0 Å². The highest BCUT2D eigenvalue weighted by atomic mass is 16.5. The standard InChI is InChI=1S/C5H5NO2/c7-5-4-6-2-1-3-8-5/h1-2,4H,3H2. The van der Waals surface area contributed by atoms with Gasteiger partial charge >= 0.3 is 5.97 Å². The maximum absolute atomic E-state index is 10.3. The van der Waals surface area contributed by atoms with Gasteiger partial charge in [0.1, 0.15) is 12.8 Å². The molecule has 0 aromatic heterocycles. The van der Waals surface area contributed by atoms with Crippen LogP contribution >= 0.6 is 0 Å². The smallest absolute Gasteiger partial charge is 0.349 e. The largest absolute Gasteiger partial charge is 0.457 e. The third-order valence-corrected chi connectivity index (χ3v) is 0.693. The Balaban J connectivity index is 2.58. The van der Waals surface area contributed by atoms with Crippen LogP contribution in [0.3, 0.4) is 0 Å². The molecule has 42 valence electrons. The van der Waals surface area contributed by atoms with Gasteiger partial charge in [0.05, 0.1) is 0 Å². The van der Waals surface area contributed by atoms with Crippen LogP contribution in [0, 0.1) is 0 Å². The molecule has 0 amide bonds. The van der Waals surface area contributed by atoms with Crippen molar-refractivity contribution < 1.29 is 9.53 Å². The highest BCUT2D eigenvalue weighted by molar-refractivity contribution is 6.23. The number of aliphatic imine (C=N–C) groups is 1. The summed E-state index contributed by atoms with van der Waals surface area (Å²) in [5, 5.41) is 0. The Morgan fingerprint density at radius 2 is 2.62 bits per heavy atom. The first-order valence-electron chi connectivity index (χ1n) is 2.24. The lowest BCUT2D eigenvalue weighted by molar-refractivity contribution is -0.133. The number of cyclic esters (lactones) is 1. The summed E-state index contributed by atoms with van der Waals surface area (Å²) in [6.45, 7) is 0.332. The van der Waals surface area contributed by atoms with E-state index < -0.39 is 0 Å². The first kappa shape index (κ1) is 5.03. The van der Waals surface area contributed by atoms with Crippen LogP contribution in [0.5, 0.6) is 0 Å². The Morgan fingerprint density at radius 1 is 1.75 bits per heavy atom. The molecule has 0 saturated carbocycles. The van der Waals surface area contributed by atoms with Gasteiger partial charge in [-0.15, -0.1) is 0 Å². The van der Waals surface area contributed by atoms with Crippen LogP contribution in [0.2, 0.25) is 0 Å². The van der Waals surface area contributed by atoms with Crippen LogP contribution < -0.4 is 0 Å². The van der Waals surface area contributed by atoms with Gasteiger partial charge in [-0.25, -0.2) is 4.79 Å². The van der Waals surface area contributed by atoms with Crippen molar-refractivity contribution in [2.45, 2.75) is 0 Å². The quantitative estimate of drug-likeness (QED) is 0.417. The average Bonchev–Trinajstić information content (AvgIpc) is 1.94. The molecule has 3 heteroatoms. The Kier molecular flexibility index (Phi) is 1.42. The summed E-state index contributed by atoms with van der Waals surface area (Å²) in [4.78, 5) is 13.8. The summed E-state index contributed by atoms with van der Waals surface area (Å²) in [5.74, 6) is -0.380. The molecule has 0 saturated heterocycles. The van der Waals surface area contributed by atoms with E-state index in [1.54, 1.807) is 6.08 Å². The van der Waals surface area contributed by atoms with Crippen molar-refractivity contribution in [3.05, 3.63) is 12.3 Å². The zero-order chi connectivity index (χ0) is 5.82. The lowest BCUT2D eigenvalue weighted by atomic mass is 10.7. The minimum atomic E-state index is -0.380. The molecule has 0 radical (unpaired) electrons. The molecule has 0 bridgehead atoms. The predicted molar refractivity (Wildman–Crippen MR) is 28.6 cm³/mol. The van der Waals surface area contributed by atoms with Crippen LogP contribution in [0.4, 0.5) is 0 Å². The monoisotopic (exact) mass is 111 g/mol. The SMILES string of the molecule is O=C1C=NC=CCO1. The topological polar surface area (TPSA) is 38.7 Å². The van der Waals surface area contributed by atoms with Gasteiger partial charge in [-0.05, 0) is 6.08 Å². The molecule has 0 spiro atoms. The molecule has 0 atom stereocenters. The van der Waals surface area contributed by atoms with Crippen LogP contribution in [0.25, 0.3) is 0 Å². The Bertz CT molecular complexity index is 149. The average molecular weight is 111 g/mol. The molecular formula is C5H5NO2. The van der Waals surface area contributed by atoms with Gasteiger partial charge in [0.15, 0.2) is 0 Å². The van der Waals surface area contributed by atoms with Crippen LogP contribution in [0.15, 0.2) is 17.3 Å². The summed E-state index contributed by atoms with van der Waals surface area (Å²) in [6, 6.07) is 0. The van der Waals surface area contributed by atoms with Crippen molar-refractivity contribution >= 4 is 12.2 Å². The minimum Gasteiger partial charge on any atom is -0.457 e. The van der Waals surface area contributed by atoms with Gasteiger partial charge in [-0.1, -0.05) is 0 Å². The Labute approximate surface area is 46.7 Å². The number of nitrogens with zero attached hydrogens (tertiary/aromatic N) is 1. The molecule has 1 aliphatic rings. The molecule has 1 aliphatic heterocycles. The van der Waals surface area contributed by atoms with Crippen molar-refractivity contribution in [2.75, 3.05) is 6.61 Å². The maximum Gasteiger partial charge on any atom is 0.349 e. The third-order valence-electron chi connectivity index (χ3n) is 0.693. The number of rotatable bonds is 0. The first-order chi connectivity index (χ1) is 3.89. The molecule has 0 unspecified atom stereocenters. The molecular weight excluding hydrogens is 106 g/mol. The van der Waals surface area contributed by atoms with Gasteiger partial charge in [-0.3, -0.25) is 4.99 Å². The Hall–Kier alpha value is -1.12. The molecule has 0 N–H and O–H groups in total. The number of carbonyl (C=O) groups is 1. The van der Waals surface area contributed by atoms with Crippen molar-refractivity contribution in [1.82, 2.24) is 0 Å². The Morgan fingerprint density at radius 3 is 3.50 bits per heavy atom. The van der Waals surface area contributed by atoms with Crippen LogP contribution in [0.1, 0.15) is 0 Å². The number of hydrogen-bond acceptors (Lipinski definition) is 3. The normalized spacial score (nSPS) is 17.8. The van der Waals surface area contributed by atoms with E-state index in [9.17, 15) is 4.79 Å². The van der Waals surface area contributed by atoms with Crippen molar-refractivity contribution in [2.24, 2.45) is 4.99 Å². The minimum absolute atomic E-state index is 0.332. The summed E-state index contributed by atoms with van der Waals surface area (Å²) < 4.78 is 4.53. The molecule has 1 rings (SSSR count). The zero-order valence-electron chi connectivity index (χ0n) is 4.20. The molecule has 0 fully saturated rings. The summed E-state index contributed by atoms with van der Waals surface area (Å²) in [7, 11) is 0. The van der Waals surface area contributed by atoms with Gasteiger partial charge in [-0.2, -0.15) is 0 Å². The number of hydrogen-bond donors (Lipinski definition) is 0. The van der Waals surface area contributed by atoms with Gasteiger partial charge in [0, 0.05) is 6.20 Å². The van der Waals surface area contributed by atoms with Crippen molar-refractivity contribution in [1.29, 1.82) is 0 Å². The number of esters is 1. The van der Waals surface area contributed by atoms with E-state index in [2.05, 4.69) is 9.73 Å². The second-order valence-corrected chi connectivity index (χ2v) is 1.29. The highest BCUT2D eigenvalue weighted by Crippen LogP contribution is 1.84. The third kappa shape index (κ3) is 1.18. The van der Waals surface area contributed by atoms with E-state index in [0.717, 1.165) is 6.21 Å². The number of carbonyl (C=O) groups excluding carboxylic acids is 1. The van der Waals surface area contributed by atoms with Crippen LogP contribution in [-0.2, 0) is 9.53 Å². The molecule has 0 aromatic rings. The first-order valence-corrected chi connectivity index (χ1v) is 2.24.